The van der Waals surface area contributed by atoms with Crippen LogP contribution in [-0.4, -0.2) is 57.2 Å². The molecule has 0 unspecified atom stereocenters. The van der Waals surface area contributed by atoms with Gasteiger partial charge < -0.3 is 19.9 Å². The third kappa shape index (κ3) is 5.41. The van der Waals surface area contributed by atoms with Crippen molar-refractivity contribution in [2.45, 2.75) is 32.6 Å². The summed E-state index contributed by atoms with van der Waals surface area (Å²) in [5.41, 5.74) is 1.12. The predicted octanol–water partition coefficient (Wildman–Crippen LogP) is 2.51. The highest BCUT2D eigenvalue weighted by atomic mass is 16.5. The number of unbranched alkanes of at least 4 members (excludes halogenated alkanes) is 2. The second-order valence-corrected chi connectivity index (χ2v) is 6.25. The van der Waals surface area contributed by atoms with Gasteiger partial charge in [0.2, 0.25) is 5.91 Å². The first-order valence-electron chi connectivity index (χ1n) is 9.12. The number of para-hydroxylation sites is 2. The minimum atomic E-state index is 0.262. The number of piperazine rings is 1. The largest absolute Gasteiger partial charge is 0.495 e. The van der Waals surface area contributed by atoms with Crippen LogP contribution >= 0.6 is 0 Å². The zero-order valence-electron chi connectivity index (χ0n) is 15.1. The van der Waals surface area contributed by atoms with Gasteiger partial charge in [-0.2, -0.15) is 0 Å². The average molecular weight is 333 g/mol. The van der Waals surface area contributed by atoms with E-state index >= 15 is 0 Å². The second kappa shape index (κ2) is 10.2. The van der Waals surface area contributed by atoms with Crippen molar-refractivity contribution in [3.8, 4) is 5.75 Å². The Bertz CT molecular complexity index is 499. The fourth-order valence-electron chi connectivity index (χ4n) is 3.07. The van der Waals surface area contributed by atoms with Crippen LogP contribution in [0.4, 0.5) is 5.69 Å². The molecule has 1 fully saturated rings. The summed E-state index contributed by atoms with van der Waals surface area (Å²) in [5.74, 6) is 1.16. The van der Waals surface area contributed by atoms with E-state index in [1.807, 2.05) is 23.1 Å². The Morgan fingerprint density at radius 2 is 1.88 bits per heavy atom. The second-order valence-electron chi connectivity index (χ2n) is 6.25. The summed E-state index contributed by atoms with van der Waals surface area (Å²) in [6.45, 7) is 7.29. The molecule has 0 saturated carbocycles. The molecule has 134 valence electrons. The van der Waals surface area contributed by atoms with Crippen LogP contribution in [0.3, 0.4) is 0 Å². The molecule has 5 nitrogen and oxygen atoms in total. The van der Waals surface area contributed by atoms with Crippen molar-refractivity contribution in [1.29, 1.82) is 0 Å². The number of ether oxygens (including phenoxy) is 1. The Balaban J connectivity index is 1.71. The van der Waals surface area contributed by atoms with Crippen molar-refractivity contribution in [3.05, 3.63) is 24.3 Å². The molecule has 2 rings (SSSR count). The van der Waals surface area contributed by atoms with E-state index in [9.17, 15) is 4.79 Å². The highest BCUT2D eigenvalue weighted by Gasteiger charge is 2.22. The number of rotatable bonds is 9. The van der Waals surface area contributed by atoms with Crippen molar-refractivity contribution in [1.82, 2.24) is 10.2 Å². The molecule has 0 aromatic heterocycles. The Hall–Kier alpha value is -1.75. The molecule has 1 aliphatic rings. The van der Waals surface area contributed by atoms with E-state index in [0.29, 0.717) is 6.42 Å². The number of methoxy groups -OCH3 is 1. The monoisotopic (exact) mass is 333 g/mol. The van der Waals surface area contributed by atoms with Gasteiger partial charge in [0.05, 0.1) is 12.8 Å². The van der Waals surface area contributed by atoms with E-state index in [-0.39, 0.29) is 5.91 Å². The van der Waals surface area contributed by atoms with Gasteiger partial charge in [-0.25, -0.2) is 0 Å². The average Bonchev–Trinajstić information content (AvgIpc) is 2.64. The van der Waals surface area contributed by atoms with Crippen LogP contribution in [0.15, 0.2) is 24.3 Å². The van der Waals surface area contributed by atoms with Gasteiger partial charge in [0.15, 0.2) is 0 Å². The van der Waals surface area contributed by atoms with Crippen LogP contribution < -0.4 is 15.0 Å². The molecule has 1 aromatic rings. The minimum Gasteiger partial charge on any atom is -0.495 e. The highest BCUT2D eigenvalue weighted by molar-refractivity contribution is 5.76. The summed E-state index contributed by atoms with van der Waals surface area (Å²) in [6.07, 6.45) is 4.28. The molecule has 0 bridgehead atoms. The molecule has 24 heavy (non-hydrogen) atoms. The number of hydrogen-bond donors (Lipinski definition) is 1. The van der Waals surface area contributed by atoms with Gasteiger partial charge in [0.25, 0.3) is 0 Å². The van der Waals surface area contributed by atoms with E-state index < -0.39 is 0 Å². The first kappa shape index (κ1) is 18.6. The number of carbonyl (C=O) groups excluding carboxylic acids is 1. The number of anilines is 1. The van der Waals surface area contributed by atoms with E-state index in [4.69, 9.17) is 4.74 Å². The lowest BCUT2D eigenvalue weighted by Crippen LogP contribution is -2.49. The lowest BCUT2D eigenvalue weighted by molar-refractivity contribution is -0.131. The van der Waals surface area contributed by atoms with E-state index in [2.05, 4.69) is 23.2 Å². The van der Waals surface area contributed by atoms with Gasteiger partial charge in [-0.05, 0) is 25.1 Å². The van der Waals surface area contributed by atoms with Gasteiger partial charge in [-0.3, -0.25) is 4.79 Å². The van der Waals surface area contributed by atoms with Crippen LogP contribution in [-0.2, 0) is 4.79 Å². The zero-order chi connectivity index (χ0) is 17.2. The number of nitrogens with one attached hydrogen (secondary N) is 1. The molecule has 0 spiro atoms. The fourth-order valence-corrected chi connectivity index (χ4v) is 3.07. The predicted molar refractivity (Wildman–Crippen MR) is 98.8 cm³/mol. The summed E-state index contributed by atoms with van der Waals surface area (Å²) in [4.78, 5) is 16.6. The standard InChI is InChI=1S/C19H31N3O2/c1-3-4-7-11-20-12-10-19(23)22-15-13-21(14-16-22)17-8-5-6-9-18(17)24-2/h5-6,8-9,20H,3-4,7,10-16H2,1-2H3. The quantitative estimate of drug-likeness (QED) is 0.705. The molecular formula is C19H31N3O2. The molecule has 1 aliphatic heterocycles. The maximum absolute atomic E-state index is 12.3. The first-order chi connectivity index (χ1) is 11.8. The Morgan fingerprint density at radius 1 is 1.12 bits per heavy atom. The smallest absolute Gasteiger partial charge is 0.223 e. The topological polar surface area (TPSA) is 44.8 Å². The minimum absolute atomic E-state index is 0.262. The number of carbonyl (C=O) groups is 1. The van der Waals surface area contributed by atoms with Crippen molar-refractivity contribution in [3.63, 3.8) is 0 Å². The van der Waals surface area contributed by atoms with Gasteiger partial charge in [-0.15, -0.1) is 0 Å². The third-order valence-corrected chi connectivity index (χ3v) is 4.53. The van der Waals surface area contributed by atoms with Gasteiger partial charge in [0.1, 0.15) is 5.75 Å². The first-order valence-corrected chi connectivity index (χ1v) is 9.12. The third-order valence-electron chi connectivity index (χ3n) is 4.53. The van der Waals surface area contributed by atoms with Gasteiger partial charge >= 0.3 is 0 Å². The molecule has 0 radical (unpaired) electrons. The summed E-state index contributed by atoms with van der Waals surface area (Å²) in [7, 11) is 1.70. The zero-order valence-corrected chi connectivity index (χ0v) is 15.1. The number of nitrogens with zero attached hydrogens (tertiary/aromatic N) is 2. The molecule has 1 N–H and O–H groups in total. The molecular weight excluding hydrogens is 302 g/mol. The van der Waals surface area contributed by atoms with Crippen molar-refractivity contribution >= 4 is 11.6 Å². The molecule has 0 aliphatic carbocycles. The molecule has 1 saturated heterocycles. The summed E-state index contributed by atoms with van der Waals surface area (Å²) >= 11 is 0. The Labute approximate surface area is 146 Å². The van der Waals surface area contributed by atoms with Crippen molar-refractivity contribution in [2.24, 2.45) is 0 Å². The maximum atomic E-state index is 12.3. The lowest BCUT2D eigenvalue weighted by Gasteiger charge is -2.36. The molecule has 5 heteroatoms. The van der Waals surface area contributed by atoms with Crippen LogP contribution in [0.2, 0.25) is 0 Å². The normalized spacial score (nSPS) is 14.8. The Morgan fingerprint density at radius 3 is 2.58 bits per heavy atom. The maximum Gasteiger partial charge on any atom is 0.223 e. The molecule has 0 atom stereocenters. The van der Waals surface area contributed by atoms with E-state index in [0.717, 1.165) is 50.7 Å². The highest BCUT2D eigenvalue weighted by Crippen LogP contribution is 2.28. The van der Waals surface area contributed by atoms with E-state index in [1.54, 1.807) is 7.11 Å². The fraction of sp³-hybridized carbons (Fsp3) is 0.632. The van der Waals surface area contributed by atoms with Gasteiger partial charge in [-0.1, -0.05) is 31.9 Å². The van der Waals surface area contributed by atoms with Crippen molar-refractivity contribution < 1.29 is 9.53 Å². The van der Waals surface area contributed by atoms with Crippen molar-refractivity contribution in [2.75, 3.05) is 51.3 Å². The molecule has 1 heterocycles. The number of benzene rings is 1. The molecule has 1 amide bonds. The van der Waals surface area contributed by atoms with Crippen LogP contribution in [0.5, 0.6) is 5.75 Å². The lowest BCUT2D eigenvalue weighted by atomic mass is 10.2. The van der Waals surface area contributed by atoms with E-state index in [1.165, 1.54) is 19.3 Å². The summed E-state index contributed by atoms with van der Waals surface area (Å²) in [5, 5.41) is 3.37. The van der Waals surface area contributed by atoms with Crippen LogP contribution in [0.25, 0.3) is 0 Å². The summed E-state index contributed by atoms with van der Waals surface area (Å²) in [6, 6.07) is 8.07. The van der Waals surface area contributed by atoms with Crippen LogP contribution in [0, 0.1) is 0 Å². The van der Waals surface area contributed by atoms with Gasteiger partial charge in [0, 0.05) is 39.1 Å². The molecule has 1 aromatic carbocycles. The Kier molecular flexibility index (Phi) is 7.89. The number of hydrogen-bond acceptors (Lipinski definition) is 4. The SMILES string of the molecule is CCCCCNCCC(=O)N1CCN(c2ccccc2OC)CC1. The van der Waals surface area contributed by atoms with Crippen LogP contribution in [0.1, 0.15) is 32.6 Å². The number of amides is 1. The summed E-state index contributed by atoms with van der Waals surface area (Å²) < 4.78 is 5.44.